The summed E-state index contributed by atoms with van der Waals surface area (Å²) in [7, 11) is 0. The molecule has 0 amide bonds. The van der Waals surface area contributed by atoms with Crippen molar-refractivity contribution in [1.29, 1.82) is 0 Å². The molecule has 1 fully saturated rings. The molecular weight excluding hydrogens is 270 g/mol. The summed E-state index contributed by atoms with van der Waals surface area (Å²) in [6.45, 7) is 3.41. The fourth-order valence-electron chi connectivity index (χ4n) is 2.30. The van der Waals surface area contributed by atoms with Crippen molar-refractivity contribution in [2.45, 2.75) is 45.2 Å². The largest absolute Gasteiger partial charge is 0.309 e. The zero-order valence-corrected chi connectivity index (χ0v) is 11.5. The molecule has 15 heavy (non-hydrogen) atoms. The van der Waals surface area contributed by atoms with E-state index in [-0.39, 0.29) is 0 Å². The van der Waals surface area contributed by atoms with Crippen LogP contribution in [0.5, 0.6) is 0 Å². The van der Waals surface area contributed by atoms with Crippen LogP contribution < -0.4 is 5.32 Å². The van der Waals surface area contributed by atoms with Gasteiger partial charge in [-0.05, 0) is 46.8 Å². The van der Waals surface area contributed by atoms with Gasteiger partial charge in [-0.2, -0.15) is 0 Å². The summed E-state index contributed by atoms with van der Waals surface area (Å²) in [5, 5.41) is 3.69. The maximum atomic E-state index is 3.69. The lowest BCUT2D eigenvalue weighted by Gasteiger charge is -2.29. The summed E-state index contributed by atoms with van der Waals surface area (Å²) in [5.41, 5.74) is 0. The number of halogens is 1. The summed E-state index contributed by atoms with van der Waals surface area (Å²) < 4.78 is 1.23. The van der Waals surface area contributed by atoms with Gasteiger partial charge in [-0.1, -0.05) is 19.8 Å². The second-order valence-corrected chi connectivity index (χ2v) is 7.00. The van der Waals surface area contributed by atoms with Gasteiger partial charge in [0.05, 0.1) is 3.79 Å². The van der Waals surface area contributed by atoms with E-state index in [1.807, 2.05) is 11.3 Å². The Balaban J connectivity index is 1.81. The van der Waals surface area contributed by atoms with Crippen molar-refractivity contribution in [2.24, 2.45) is 5.92 Å². The summed E-state index contributed by atoms with van der Waals surface area (Å²) in [5.74, 6) is 0.849. The van der Waals surface area contributed by atoms with Crippen LogP contribution in [-0.4, -0.2) is 6.04 Å². The van der Waals surface area contributed by atoms with E-state index in [1.54, 1.807) is 0 Å². The highest BCUT2D eigenvalue weighted by molar-refractivity contribution is 9.11. The molecule has 2 rings (SSSR count). The highest BCUT2D eigenvalue weighted by Crippen LogP contribution is 2.25. The summed E-state index contributed by atoms with van der Waals surface area (Å²) >= 11 is 5.33. The molecule has 0 unspecified atom stereocenters. The van der Waals surface area contributed by atoms with Crippen LogP contribution in [0, 0.1) is 5.92 Å². The van der Waals surface area contributed by atoms with Gasteiger partial charge in [0.15, 0.2) is 0 Å². The third-order valence-electron chi connectivity index (χ3n) is 3.28. The minimum atomic E-state index is 0.736. The molecule has 3 heteroatoms. The van der Waals surface area contributed by atoms with Gasteiger partial charge in [-0.25, -0.2) is 0 Å². The maximum Gasteiger partial charge on any atom is 0.0701 e. The number of rotatable bonds is 3. The molecule has 0 radical (unpaired) electrons. The number of nitrogens with one attached hydrogen (secondary N) is 1. The molecule has 1 heterocycles. The van der Waals surface area contributed by atoms with Gasteiger partial charge in [-0.3, -0.25) is 0 Å². The SMILES string of the molecule is C[C@@H]1CCCC[C@@H]1NCc1ccc(Br)s1. The van der Waals surface area contributed by atoms with Gasteiger partial charge < -0.3 is 5.32 Å². The van der Waals surface area contributed by atoms with E-state index in [1.165, 1.54) is 34.3 Å². The lowest BCUT2D eigenvalue weighted by molar-refractivity contribution is 0.280. The van der Waals surface area contributed by atoms with E-state index >= 15 is 0 Å². The smallest absolute Gasteiger partial charge is 0.0701 e. The normalized spacial score (nSPS) is 26.8. The first-order valence-corrected chi connectivity index (χ1v) is 7.34. The standard InChI is InChI=1S/C12H18BrNS/c1-9-4-2-3-5-11(9)14-8-10-6-7-12(13)15-10/h6-7,9,11,14H,2-5,8H2,1H3/t9-,11+/m1/s1. The van der Waals surface area contributed by atoms with Gasteiger partial charge in [0, 0.05) is 17.5 Å². The van der Waals surface area contributed by atoms with Crippen LogP contribution in [0.1, 0.15) is 37.5 Å². The molecular formula is C12H18BrNS. The van der Waals surface area contributed by atoms with E-state index in [0.717, 1.165) is 18.5 Å². The number of thiophene rings is 1. The molecule has 0 saturated heterocycles. The molecule has 0 bridgehead atoms. The van der Waals surface area contributed by atoms with Gasteiger partial charge in [0.2, 0.25) is 0 Å². The number of hydrogen-bond donors (Lipinski definition) is 1. The van der Waals surface area contributed by atoms with Gasteiger partial charge >= 0.3 is 0 Å². The van der Waals surface area contributed by atoms with E-state index in [4.69, 9.17) is 0 Å². The zero-order chi connectivity index (χ0) is 10.7. The van der Waals surface area contributed by atoms with Crippen molar-refractivity contribution in [3.8, 4) is 0 Å². The minimum Gasteiger partial charge on any atom is -0.309 e. The zero-order valence-electron chi connectivity index (χ0n) is 9.13. The Hall–Kier alpha value is 0.140. The summed E-state index contributed by atoms with van der Waals surface area (Å²) in [6.07, 6.45) is 5.57. The molecule has 1 aromatic rings. The van der Waals surface area contributed by atoms with Crippen LogP contribution in [0.2, 0.25) is 0 Å². The highest BCUT2D eigenvalue weighted by Gasteiger charge is 2.20. The van der Waals surface area contributed by atoms with Gasteiger partial charge in [0.25, 0.3) is 0 Å². The Morgan fingerprint density at radius 1 is 1.40 bits per heavy atom. The average molecular weight is 288 g/mol. The quantitative estimate of drug-likeness (QED) is 0.880. The molecule has 1 aliphatic carbocycles. The van der Waals surface area contributed by atoms with Gasteiger partial charge in [0.1, 0.15) is 0 Å². The number of hydrogen-bond acceptors (Lipinski definition) is 2. The average Bonchev–Trinajstić information content (AvgIpc) is 2.63. The second-order valence-electron chi connectivity index (χ2n) is 4.45. The molecule has 84 valence electrons. The molecule has 0 aromatic carbocycles. The van der Waals surface area contributed by atoms with Crippen LogP contribution in [0.4, 0.5) is 0 Å². The van der Waals surface area contributed by atoms with Gasteiger partial charge in [-0.15, -0.1) is 11.3 Å². The molecule has 0 spiro atoms. The lowest BCUT2D eigenvalue weighted by Crippen LogP contribution is -2.36. The summed E-state index contributed by atoms with van der Waals surface area (Å²) in [4.78, 5) is 1.43. The topological polar surface area (TPSA) is 12.0 Å². The van der Waals surface area contributed by atoms with Crippen molar-refractivity contribution in [2.75, 3.05) is 0 Å². The summed E-state index contributed by atoms with van der Waals surface area (Å²) in [6, 6.07) is 5.07. The molecule has 1 saturated carbocycles. The van der Waals surface area contributed by atoms with Crippen LogP contribution in [0.15, 0.2) is 15.9 Å². The fourth-order valence-corrected chi connectivity index (χ4v) is 3.73. The van der Waals surface area contributed by atoms with Crippen LogP contribution in [0.3, 0.4) is 0 Å². The third-order valence-corrected chi connectivity index (χ3v) is 4.90. The molecule has 1 N–H and O–H groups in total. The Kier molecular flexibility index (Phi) is 4.23. The first kappa shape index (κ1) is 11.6. The van der Waals surface area contributed by atoms with E-state index < -0.39 is 0 Å². The van der Waals surface area contributed by atoms with Crippen LogP contribution >= 0.6 is 27.3 Å². The Bertz CT molecular complexity index is 310. The predicted octanol–water partition coefficient (Wildman–Crippen LogP) is 4.18. The molecule has 2 atom stereocenters. The van der Waals surface area contributed by atoms with Crippen molar-refractivity contribution in [3.05, 3.63) is 20.8 Å². The fraction of sp³-hybridized carbons (Fsp3) is 0.667. The van der Waals surface area contributed by atoms with Crippen molar-refractivity contribution < 1.29 is 0 Å². The van der Waals surface area contributed by atoms with Crippen molar-refractivity contribution >= 4 is 27.3 Å². The predicted molar refractivity (Wildman–Crippen MR) is 70.3 cm³/mol. The maximum absolute atomic E-state index is 3.69. The Morgan fingerprint density at radius 3 is 2.87 bits per heavy atom. The molecule has 1 nitrogen and oxygen atoms in total. The monoisotopic (exact) mass is 287 g/mol. The van der Waals surface area contributed by atoms with Crippen molar-refractivity contribution in [1.82, 2.24) is 5.32 Å². The lowest BCUT2D eigenvalue weighted by atomic mass is 9.86. The molecule has 0 aliphatic heterocycles. The first-order valence-electron chi connectivity index (χ1n) is 5.73. The van der Waals surface area contributed by atoms with E-state index in [0.29, 0.717) is 0 Å². The minimum absolute atomic E-state index is 0.736. The third kappa shape index (κ3) is 3.30. The second kappa shape index (κ2) is 5.46. The Labute approximate surface area is 104 Å². The van der Waals surface area contributed by atoms with E-state index in [2.05, 4.69) is 40.3 Å². The highest BCUT2D eigenvalue weighted by atomic mass is 79.9. The molecule has 1 aromatic heterocycles. The first-order chi connectivity index (χ1) is 7.25. The Morgan fingerprint density at radius 2 is 2.20 bits per heavy atom. The van der Waals surface area contributed by atoms with Crippen LogP contribution in [0.25, 0.3) is 0 Å². The van der Waals surface area contributed by atoms with Crippen molar-refractivity contribution in [3.63, 3.8) is 0 Å². The molecule has 1 aliphatic rings. The van der Waals surface area contributed by atoms with Crippen LogP contribution in [-0.2, 0) is 6.54 Å². The van der Waals surface area contributed by atoms with E-state index in [9.17, 15) is 0 Å².